The first-order valence-electron chi connectivity index (χ1n) is 8.43. The highest BCUT2D eigenvalue weighted by Crippen LogP contribution is 2.32. The summed E-state index contributed by atoms with van der Waals surface area (Å²) in [5, 5.41) is 11.7. The summed E-state index contributed by atoms with van der Waals surface area (Å²) in [6.45, 7) is 1.23. The first kappa shape index (κ1) is 16.5. The average Bonchev–Trinajstić information content (AvgIpc) is 3.39. The van der Waals surface area contributed by atoms with E-state index in [0.29, 0.717) is 17.8 Å². The van der Waals surface area contributed by atoms with E-state index in [-0.39, 0.29) is 30.1 Å². The molecular formula is C18H22N2O4. The van der Waals surface area contributed by atoms with Gasteiger partial charge in [-0.25, -0.2) is 0 Å². The summed E-state index contributed by atoms with van der Waals surface area (Å²) in [6.07, 6.45) is 3.49. The minimum atomic E-state index is -0.903. The Morgan fingerprint density at radius 2 is 1.96 bits per heavy atom. The molecule has 2 N–H and O–H groups in total. The molecule has 1 saturated heterocycles. The number of amides is 2. The van der Waals surface area contributed by atoms with E-state index in [1.165, 1.54) is 0 Å². The number of hydrogen-bond donors (Lipinski definition) is 2. The van der Waals surface area contributed by atoms with Gasteiger partial charge in [0.25, 0.3) is 0 Å². The molecule has 1 saturated carbocycles. The number of nitrogens with zero attached hydrogens (tertiary/aromatic N) is 1. The zero-order valence-corrected chi connectivity index (χ0v) is 13.5. The number of hydrogen-bond acceptors (Lipinski definition) is 3. The van der Waals surface area contributed by atoms with Crippen LogP contribution in [0.5, 0.6) is 0 Å². The Hall–Kier alpha value is -2.37. The third kappa shape index (κ3) is 4.13. The fraction of sp³-hybridized carbons (Fsp3) is 0.500. The fourth-order valence-electron chi connectivity index (χ4n) is 3.16. The first-order valence-corrected chi connectivity index (χ1v) is 8.43. The van der Waals surface area contributed by atoms with E-state index in [1.807, 2.05) is 4.90 Å². The average molecular weight is 330 g/mol. The van der Waals surface area contributed by atoms with Crippen LogP contribution in [0.25, 0.3) is 0 Å². The van der Waals surface area contributed by atoms with Crippen LogP contribution < -0.4 is 5.32 Å². The fourth-order valence-corrected chi connectivity index (χ4v) is 3.16. The van der Waals surface area contributed by atoms with Crippen LogP contribution in [0.4, 0.5) is 5.69 Å². The number of benzene rings is 1. The molecule has 128 valence electrons. The van der Waals surface area contributed by atoms with Gasteiger partial charge < -0.3 is 15.3 Å². The monoisotopic (exact) mass is 330 g/mol. The molecule has 0 aromatic heterocycles. The van der Waals surface area contributed by atoms with E-state index in [4.69, 9.17) is 5.11 Å². The van der Waals surface area contributed by atoms with E-state index in [9.17, 15) is 14.4 Å². The summed E-state index contributed by atoms with van der Waals surface area (Å²) in [7, 11) is 0. The number of anilines is 1. The molecule has 2 aliphatic rings. The zero-order chi connectivity index (χ0) is 17.1. The van der Waals surface area contributed by atoms with Gasteiger partial charge in [0.1, 0.15) is 0 Å². The number of aliphatic carboxylic acids is 1. The molecule has 1 aromatic carbocycles. The maximum Gasteiger partial charge on any atom is 0.307 e. The van der Waals surface area contributed by atoms with Crippen molar-refractivity contribution in [3.05, 3.63) is 29.8 Å². The lowest BCUT2D eigenvalue weighted by atomic mass is 9.96. The van der Waals surface area contributed by atoms with Crippen LogP contribution in [0.3, 0.4) is 0 Å². The molecule has 24 heavy (non-hydrogen) atoms. The molecule has 0 spiro atoms. The Balaban J connectivity index is 1.59. The summed E-state index contributed by atoms with van der Waals surface area (Å²) < 4.78 is 0. The molecule has 1 heterocycles. The van der Waals surface area contributed by atoms with Crippen LogP contribution in [0.15, 0.2) is 24.3 Å². The largest absolute Gasteiger partial charge is 0.481 e. The third-order valence-corrected chi connectivity index (χ3v) is 4.58. The summed E-state index contributed by atoms with van der Waals surface area (Å²) in [6, 6.07) is 6.89. The van der Waals surface area contributed by atoms with Crippen molar-refractivity contribution in [3.8, 4) is 0 Å². The van der Waals surface area contributed by atoms with Crippen molar-refractivity contribution < 1.29 is 19.5 Å². The highest BCUT2D eigenvalue weighted by Gasteiger charge is 2.36. The summed E-state index contributed by atoms with van der Waals surface area (Å²) in [5.74, 6) is -0.837. The molecule has 3 rings (SSSR count). The van der Waals surface area contributed by atoms with Gasteiger partial charge in [-0.3, -0.25) is 14.4 Å². The number of carboxylic acid groups (broad SMARTS) is 1. The van der Waals surface area contributed by atoms with Crippen molar-refractivity contribution in [3.63, 3.8) is 0 Å². The second kappa shape index (κ2) is 7.03. The Morgan fingerprint density at radius 1 is 1.17 bits per heavy atom. The number of piperidine rings is 1. The Labute approximate surface area is 140 Å². The molecule has 1 aliphatic heterocycles. The van der Waals surface area contributed by atoms with Gasteiger partial charge in [-0.1, -0.05) is 12.1 Å². The minimum absolute atomic E-state index is 0.0726. The van der Waals surface area contributed by atoms with Gasteiger partial charge in [-0.2, -0.15) is 0 Å². The SMILES string of the molecule is O=C(O)Cc1cccc(NC(=O)C2CCCN(C(=O)C3CC3)C2)c1. The van der Waals surface area contributed by atoms with Crippen molar-refractivity contribution >= 4 is 23.5 Å². The number of carbonyl (C=O) groups is 3. The van der Waals surface area contributed by atoms with Crippen LogP contribution in [0.2, 0.25) is 0 Å². The van der Waals surface area contributed by atoms with E-state index in [1.54, 1.807) is 24.3 Å². The topological polar surface area (TPSA) is 86.7 Å². The first-order chi connectivity index (χ1) is 11.5. The summed E-state index contributed by atoms with van der Waals surface area (Å²) in [5.41, 5.74) is 1.25. The minimum Gasteiger partial charge on any atom is -0.481 e. The number of carbonyl (C=O) groups excluding carboxylic acids is 2. The van der Waals surface area contributed by atoms with E-state index in [0.717, 1.165) is 32.2 Å². The number of rotatable bonds is 5. The van der Waals surface area contributed by atoms with Crippen LogP contribution in [0, 0.1) is 11.8 Å². The highest BCUT2D eigenvalue weighted by molar-refractivity contribution is 5.93. The molecular weight excluding hydrogens is 308 g/mol. The number of carboxylic acids is 1. The molecule has 1 aliphatic carbocycles. The molecule has 0 bridgehead atoms. The second-order valence-corrected chi connectivity index (χ2v) is 6.66. The highest BCUT2D eigenvalue weighted by atomic mass is 16.4. The molecule has 2 fully saturated rings. The predicted molar refractivity (Wildman–Crippen MR) is 88.4 cm³/mol. The molecule has 1 atom stereocenters. The van der Waals surface area contributed by atoms with Crippen LogP contribution in [0.1, 0.15) is 31.2 Å². The Morgan fingerprint density at radius 3 is 2.67 bits per heavy atom. The van der Waals surface area contributed by atoms with Gasteiger partial charge in [0.2, 0.25) is 11.8 Å². The van der Waals surface area contributed by atoms with E-state index >= 15 is 0 Å². The summed E-state index contributed by atoms with van der Waals surface area (Å²) >= 11 is 0. The Bertz CT molecular complexity index is 654. The maximum absolute atomic E-state index is 12.5. The van der Waals surface area contributed by atoms with Crippen molar-refractivity contribution in [1.29, 1.82) is 0 Å². The van der Waals surface area contributed by atoms with Gasteiger partial charge >= 0.3 is 5.97 Å². The van der Waals surface area contributed by atoms with Crippen LogP contribution in [-0.2, 0) is 20.8 Å². The van der Waals surface area contributed by atoms with Gasteiger partial charge in [-0.15, -0.1) is 0 Å². The number of likely N-dealkylation sites (tertiary alicyclic amines) is 1. The van der Waals surface area contributed by atoms with E-state index in [2.05, 4.69) is 5.32 Å². The second-order valence-electron chi connectivity index (χ2n) is 6.66. The van der Waals surface area contributed by atoms with Crippen molar-refractivity contribution in [2.24, 2.45) is 11.8 Å². The molecule has 1 unspecified atom stereocenters. The lowest BCUT2D eigenvalue weighted by molar-refractivity contribution is -0.137. The molecule has 2 amide bonds. The lowest BCUT2D eigenvalue weighted by Gasteiger charge is -2.32. The van der Waals surface area contributed by atoms with Crippen LogP contribution in [-0.4, -0.2) is 40.9 Å². The third-order valence-electron chi connectivity index (χ3n) is 4.58. The van der Waals surface area contributed by atoms with Gasteiger partial charge in [-0.05, 0) is 43.4 Å². The summed E-state index contributed by atoms with van der Waals surface area (Å²) in [4.78, 5) is 37.3. The predicted octanol–water partition coefficient (Wildman–Crippen LogP) is 1.90. The molecule has 6 nitrogen and oxygen atoms in total. The lowest BCUT2D eigenvalue weighted by Crippen LogP contribution is -2.44. The van der Waals surface area contributed by atoms with Gasteiger partial charge in [0.05, 0.1) is 12.3 Å². The van der Waals surface area contributed by atoms with Gasteiger partial charge in [0.15, 0.2) is 0 Å². The standard InChI is InChI=1S/C18H22N2O4/c21-16(22)10-12-3-1-5-15(9-12)19-17(23)14-4-2-8-20(11-14)18(24)13-6-7-13/h1,3,5,9,13-14H,2,4,6-8,10-11H2,(H,19,23)(H,21,22). The normalized spacial score (nSPS) is 20.5. The molecule has 6 heteroatoms. The smallest absolute Gasteiger partial charge is 0.307 e. The molecule has 1 aromatic rings. The van der Waals surface area contributed by atoms with Crippen molar-refractivity contribution in [1.82, 2.24) is 4.90 Å². The zero-order valence-electron chi connectivity index (χ0n) is 13.5. The van der Waals surface area contributed by atoms with Crippen molar-refractivity contribution in [2.45, 2.75) is 32.1 Å². The van der Waals surface area contributed by atoms with Crippen LogP contribution >= 0.6 is 0 Å². The Kier molecular flexibility index (Phi) is 4.83. The quantitative estimate of drug-likeness (QED) is 0.863. The number of nitrogens with one attached hydrogen (secondary N) is 1. The molecule has 0 radical (unpaired) electrons. The van der Waals surface area contributed by atoms with Gasteiger partial charge in [0, 0.05) is 24.7 Å². The van der Waals surface area contributed by atoms with Crippen molar-refractivity contribution in [2.75, 3.05) is 18.4 Å². The maximum atomic E-state index is 12.5. The van der Waals surface area contributed by atoms with E-state index < -0.39 is 5.97 Å².